The molecule has 2 heterocycles. The van der Waals surface area contributed by atoms with Crippen LogP contribution in [-0.2, 0) is 6.42 Å². The van der Waals surface area contributed by atoms with Crippen LogP contribution in [0.4, 0.5) is 10.3 Å². The van der Waals surface area contributed by atoms with Crippen molar-refractivity contribution in [3.63, 3.8) is 0 Å². The molecule has 0 amide bonds. The summed E-state index contributed by atoms with van der Waals surface area (Å²) in [7, 11) is 0. The average molecular weight is 436 g/mol. The molecule has 0 aliphatic carbocycles. The molecule has 4 aromatic rings. The number of rotatable bonds is 7. The van der Waals surface area contributed by atoms with E-state index < -0.39 is 0 Å². The van der Waals surface area contributed by atoms with Crippen molar-refractivity contribution >= 4 is 18.4 Å². The first-order valence-corrected chi connectivity index (χ1v) is 9.76. The Bertz CT molecular complexity index is 1090. The smallest absolute Gasteiger partial charge is 0.223 e. The fourth-order valence-corrected chi connectivity index (χ4v) is 3.25. The van der Waals surface area contributed by atoms with Crippen LogP contribution in [0.3, 0.4) is 0 Å². The van der Waals surface area contributed by atoms with Gasteiger partial charge in [0.2, 0.25) is 5.95 Å². The first-order chi connectivity index (χ1) is 14.7. The molecule has 3 N–H and O–H groups in total. The monoisotopic (exact) mass is 435 g/mol. The van der Waals surface area contributed by atoms with Gasteiger partial charge in [0.1, 0.15) is 5.82 Å². The van der Waals surface area contributed by atoms with Crippen molar-refractivity contribution < 1.29 is 4.39 Å². The van der Waals surface area contributed by atoms with Crippen molar-refractivity contribution in [2.75, 3.05) is 11.9 Å². The van der Waals surface area contributed by atoms with Gasteiger partial charge in [-0.2, -0.15) is 0 Å². The summed E-state index contributed by atoms with van der Waals surface area (Å²) in [5, 5.41) is 3.24. The van der Waals surface area contributed by atoms with Crippen molar-refractivity contribution in [2.24, 2.45) is 5.73 Å². The summed E-state index contributed by atoms with van der Waals surface area (Å²) in [6.45, 7) is 0.542. The second kappa shape index (κ2) is 10.6. The summed E-state index contributed by atoms with van der Waals surface area (Å²) in [5.74, 6) is 0.215. The summed E-state index contributed by atoms with van der Waals surface area (Å²) in [4.78, 5) is 13.3. The largest absolute Gasteiger partial charge is 0.353 e. The third-order valence-electron chi connectivity index (χ3n) is 4.76. The molecule has 2 aromatic heterocycles. The van der Waals surface area contributed by atoms with Gasteiger partial charge >= 0.3 is 0 Å². The lowest BCUT2D eigenvalue weighted by molar-refractivity contribution is 0.628. The minimum absolute atomic E-state index is 0. The number of nitrogens with zero attached hydrogens (tertiary/aromatic N) is 3. The van der Waals surface area contributed by atoms with E-state index in [0.29, 0.717) is 12.5 Å². The van der Waals surface area contributed by atoms with Gasteiger partial charge in [0.25, 0.3) is 0 Å². The van der Waals surface area contributed by atoms with Crippen molar-refractivity contribution in [1.29, 1.82) is 0 Å². The standard InChI is InChI=1S/C24H22FN5.ClH/c25-20-8-6-18(7-9-20)22-16-29-24(30-23(22)19-10-12-27-13-11-19)28-15-21(26)14-17-4-2-1-3-5-17;/h1-13,16,21H,14-15,26H2,(H,28,29,30);1H/t21-;/m1./s1. The highest BCUT2D eigenvalue weighted by molar-refractivity contribution is 5.85. The molecule has 31 heavy (non-hydrogen) atoms. The number of halogens is 2. The predicted octanol–water partition coefficient (Wildman–Crippen LogP) is 4.75. The number of benzene rings is 2. The molecule has 0 aliphatic rings. The second-order valence-corrected chi connectivity index (χ2v) is 7.03. The van der Waals surface area contributed by atoms with Gasteiger partial charge in [0.05, 0.1) is 5.69 Å². The molecule has 0 spiro atoms. The molecule has 5 nitrogen and oxygen atoms in total. The van der Waals surface area contributed by atoms with Gasteiger partial charge < -0.3 is 11.1 Å². The zero-order valence-electron chi connectivity index (χ0n) is 16.8. The van der Waals surface area contributed by atoms with Gasteiger partial charge in [-0.1, -0.05) is 42.5 Å². The third-order valence-corrected chi connectivity index (χ3v) is 4.76. The van der Waals surface area contributed by atoms with Crippen molar-refractivity contribution in [3.05, 3.63) is 96.7 Å². The van der Waals surface area contributed by atoms with Crippen LogP contribution in [0.25, 0.3) is 22.4 Å². The van der Waals surface area contributed by atoms with E-state index in [1.54, 1.807) is 30.7 Å². The molecule has 0 unspecified atom stereocenters. The molecule has 0 fully saturated rings. The third kappa shape index (κ3) is 5.84. The number of nitrogens with one attached hydrogen (secondary N) is 1. The fourth-order valence-electron chi connectivity index (χ4n) is 3.25. The van der Waals surface area contributed by atoms with E-state index in [2.05, 4.69) is 27.4 Å². The molecule has 0 saturated heterocycles. The summed E-state index contributed by atoms with van der Waals surface area (Å²) in [6.07, 6.45) is 5.95. The van der Waals surface area contributed by atoms with Gasteiger partial charge in [-0.3, -0.25) is 4.98 Å². The quantitative estimate of drug-likeness (QED) is 0.438. The Kier molecular flexibility index (Phi) is 7.65. The summed E-state index contributed by atoms with van der Waals surface area (Å²) in [6, 6.07) is 20.2. The summed E-state index contributed by atoms with van der Waals surface area (Å²) in [5.41, 5.74) is 10.8. The minimum Gasteiger partial charge on any atom is -0.353 e. The van der Waals surface area contributed by atoms with E-state index in [4.69, 9.17) is 10.7 Å². The van der Waals surface area contributed by atoms with Crippen LogP contribution in [0.1, 0.15) is 5.56 Å². The molecule has 1 atom stereocenters. The molecular formula is C24H23ClFN5. The Morgan fingerprint density at radius 2 is 1.61 bits per heavy atom. The van der Waals surface area contributed by atoms with Crippen LogP contribution in [0.15, 0.2) is 85.3 Å². The molecular weight excluding hydrogens is 413 g/mol. The summed E-state index contributed by atoms with van der Waals surface area (Å²) < 4.78 is 13.4. The Morgan fingerprint density at radius 1 is 0.903 bits per heavy atom. The molecule has 4 rings (SSSR count). The lowest BCUT2D eigenvalue weighted by Crippen LogP contribution is -2.31. The van der Waals surface area contributed by atoms with Crippen molar-refractivity contribution in [3.8, 4) is 22.4 Å². The molecule has 2 aromatic carbocycles. The maximum Gasteiger partial charge on any atom is 0.223 e. The molecule has 0 radical (unpaired) electrons. The topological polar surface area (TPSA) is 76.7 Å². The lowest BCUT2D eigenvalue weighted by atomic mass is 10.0. The SMILES string of the molecule is Cl.N[C@@H](CNc1ncc(-c2ccc(F)cc2)c(-c2ccncc2)n1)Cc1ccccc1. The van der Waals surface area contributed by atoms with E-state index in [1.807, 2.05) is 30.3 Å². The minimum atomic E-state index is -0.282. The van der Waals surface area contributed by atoms with Crippen molar-refractivity contribution in [2.45, 2.75) is 12.5 Å². The number of anilines is 1. The average Bonchev–Trinajstić information content (AvgIpc) is 2.79. The van der Waals surface area contributed by atoms with Gasteiger partial charge in [0.15, 0.2) is 0 Å². The lowest BCUT2D eigenvalue weighted by Gasteiger charge is -2.15. The molecule has 0 aliphatic heterocycles. The predicted molar refractivity (Wildman–Crippen MR) is 125 cm³/mol. The second-order valence-electron chi connectivity index (χ2n) is 7.03. The Balaban J connectivity index is 0.00000272. The van der Waals surface area contributed by atoms with E-state index in [1.165, 1.54) is 17.7 Å². The number of pyridine rings is 1. The Morgan fingerprint density at radius 3 is 2.32 bits per heavy atom. The Hall–Kier alpha value is -3.35. The molecule has 158 valence electrons. The number of hydrogen-bond acceptors (Lipinski definition) is 5. The molecule has 7 heteroatoms. The van der Waals surface area contributed by atoms with Gasteiger partial charge in [-0.15, -0.1) is 12.4 Å². The van der Waals surface area contributed by atoms with Crippen LogP contribution < -0.4 is 11.1 Å². The van der Waals surface area contributed by atoms with E-state index >= 15 is 0 Å². The highest BCUT2D eigenvalue weighted by Crippen LogP contribution is 2.30. The van der Waals surface area contributed by atoms with Crippen molar-refractivity contribution in [1.82, 2.24) is 15.0 Å². The molecule has 0 bridgehead atoms. The maximum atomic E-state index is 13.4. The van der Waals surface area contributed by atoms with Crippen LogP contribution in [0.5, 0.6) is 0 Å². The first kappa shape index (κ1) is 22.3. The van der Waals surface area contributed by atoms with E-state index in [0.717, 1.165) is 28.8 Å². The zero-order valence-corrected chi connectivity index (χ0v) is 17.6. The summed E-state index contributed by atoms with van der Waals surface area (Å²) >= 11 is 0. The van der Waals surface area contributed by atoms with Gasteiger partial charge in [0, 0.05) is 42.3 Å². The Labute approximate surface area is 187 Å². The van der Waals surface area contributed by atoms with E-state index in [9.17, 15) is 4.39 Å². The first-order valence-electron chi connectivity index (χ1n) is 9.76. The number of nitrogens with two attached hydrogens (primary N) is 1. The fraction of sp³-hybridized carbons (Fsp3) is 0.125. The number of hydrogen-bond donors (Lipinski definition) is 2. The van der Waals surface area contributed by atoms with Gasteiger partial charge in [-0.05, 0) is 41.8 Å². The van der Waals surface area contributed by atoms with Crippen LogP contribution in [0.2, 0.25) is 0 Å². The van der Waals surface area contributed by atoms with Gasteiger partial charge in [-0.25, -0.2) is 14.4 Å². The van der Waals surface area contributed by atoms with Crippen LogP contribution >= 0.6 is 12.4 Å². The van der Waals surface area contributed by atoms with E-state index in [-0.39, 0.29) is 24.3 Å². The zero-order chi connectivity index (χ0) is 20.8. The molecule has 0 saturated carbocycles. The highest BCUT2D eigenvalue weighted by atomic mass is 35.5. The maximum absolute atomic E-state index is 13.4. The van der Waals surface area contributed by atoms with Crippen LogP contribution in [0, 0.1) is 5.82 Å². The number of aromatic nitrogens is 3. The normalized spacial score (nSPS) is 11.4. The van der Waals surface area contributed by atoms with Crippen LogP contribution in [-0.4, -0.2) is 27.5 Å². The highest BCUT2D eigenvalue weighted by Gasteiger charge is 2.13.